The molecule has 1 aromatic heterocycles. The number of benzene rings is 1. The Bertz CT molecular complexity index is 1070. The summed E-state index contributed by atoms with van der Waals surface area (Å²) in [6, 6.07) is 9.71. The van der Waals surface area contributed by atoms with Gasteiger partial charge in [0.25, 0.3) is 15.9 Å². The lowest BCUT2D eigenvalue weighted by Gasteiger charge is -2.26. The van der Waals surface area contributed by atoms with Crippen molar-refractivity contribution < 1.29 is 13.2 Å². The van der Waals surface area contributed by atoms with Crippen molar-refractivity contribution in [3.63, 3.8) is 0 Å². The van der Waals surface area contributed by atoms with Gasteiger partial charge in [0.05, 0.1) is 23.2 Å². The summed E-state index contributed by atoms with van der Waals surface area (Å²) >= 11 is 0. The lowest BCUT2D eigenvalue weighted by molar-refractivity contribution is -0.117. The molecule has 0 saturated carbocycles. The predicted octanol–water partition coefficient (Wildman–Crippen LogP) is 0.986. The molecule has 1 N–H and O–H groups in total. The minimum Gasteiger partial charge on any atom is -0.348 e. The lowest BCUT2D eigenvalue weighted by Crippen LogP contribution is -2.38. The number of aromatic nitrogens is 2. The van der Waals surface area contributed by atoms with E-state index in [0.29, 0.717) is 18.0 Å². The van der Waals surface area contributed by atoms with Crippen molar-refractivity contribution in [2.45, 2.75) is 6.54 Å². The standard InChI is InChI=1S/C18H17N5O3S/c24-18(15-6-7-17-21-27(25,26)9-8-22(17)13-15)19-10-14-11-20-23(12-14)16-4-2-1-3-5-16/h1-7,11-13H,8-10H2,(H,19,24). The number of carbonyl (C=O) groups excluding carboxylic acids is 1. The zero-order valence-electron chi connectivity index (χ0n) is 14.3. The highest BCUT2D eigenvalue weighted by atomic mass is 32.2. The SMILES string of the molecule is O=C(NCc1cnn(-c2ccccc2)c1)C1=CN2CCS(=O)(=O)N=C2C=C1. The highest BCUT2D eigenvalue weighted by molar-refractivity contribution is 7.90. The minimum atomic E-state index is -3.40. The number of hydrogen-bond donors (Lipinski definition) is 1. The summed E-state index contributed by atoms with van der Waals surface area (Å²) < 4.78 is 28.5. The molecular formula is C18H17N5O3S. The molecule has 0 saturated heterocycles. The molecule has 0 spiro atoms. The first-order valence-corrected chi connectivity index (χ1v) is 9.97. The maximum absolute atomic E-state index is 12.4. The summed E-state index contributed by atoms with van der Waals surface area (Å²) in [5.41, 5.74) is 2.27. The first-order chi connectivity index (χ1) is 13.0. The molecule has 0 fully saturated rings. The van der Waals surface area contributed by atoms with Gasteiger partial charge in [0.1, 0.15) is 5.84 Å². The second-order valence-corrected chi connectivity index (χ2v) is 7.91. The highest BCUT2D eigenvalue weighted by Gasteiger charge is 2.24. The van der Waals surface area contributed by atoms with Gasteiger partial charge < -0.3 is 10.2 Å². The molecule has 0 aliphatic carbocycles. The molecule has 3 heterocycles. The second kappa shape index (κ2) is 6.84. The summed E-state index contributed by atoms with van der Waals surface area (Å²) in [6.07, 6.45) is 8.30. The van der Waals surface area contributed by atoms with E-state index in [2.05, 4.69) is 14.8 Å². The van der Waals surface area contributed by atoms with Crippen LogP contribution in [0.15, 0.2) is 71.0 Å². The van der Waals surface area contributed by atoms with Crippen LogP contribution in [0.1, 0.15) is 5.56 Å². The van der Waals surface area contributed by atoms with Gasteiger partial charge >= 0.3 is 0 Å². The number of rotatable bonds is 4. The number of amides is 1. The second-order valence-electron chi connectivity index (χ2n) is 6.16. The summed E-state index contributed by atoms with van der Waals surface area (Å²) in [5.74, 6) is 0.0298. The molecule has 0 unspecified atom stereocenters. The van der Waals surface area contributed by atoms with Crippen LogP contribution in [0.5, 0.6) is 0 Å². The zero-order valence-corrected chi connectivity index (χ0v) is 15.1. The van der Waals surface area contributed by atoms with E-state index in [1.54, 1.807) is 34.1 Å². The molecule has 9 heteroatoms. The molecule has 27 heavy (non-hydrogen) atoms. The average molecular weight is 383 g/mol. The molecule has 0 atom stereocenters. The quantitative estimate of drug-likeness (QED) is 0.849. The number of amidine groups is 1. The molecule has 1 aromatic carbocycles. The van der Waals surface area contributed by atoms with Gasteiger partial charge in [-0.2, -0.15) is 5.10 Å². The monoisotopic (exact) mass is 383 g/mol. The maximum Gasteiger partial charge on any atom is 0.256 e. The molecule has 1 amide bonds. The van der Waals surface area contributed by atoms with Crippen molar-refractivity contribution >= 4 is 21.8 Å². The lowest BCUT2D eigenvalue weighted by atomic mass is 10.1. The van der Waals surface area contributed by atoms with Crippen LogP contribution in [0.2, 0.25) is 0 Å². The topological polar surface area (TPSA) is 96.7 Å². The first kappa shape index (κ1) is 17.2. The summed E-state index contributed by atoms with van der Waals surface area (Å²) in [6.45, 7) is 0.623. The van der Waals surface area contributed by atoms with Crippen LogP contribution in [0, 0.1) is 0 Å². The predicted molar refractivity (Wildman–Crippen MR) is 101 cm³/mol. The molecule has 2 aliphatic rings. The third-order valence-electron chi connectivity index (χ3n) is 4.20. The Morgan fingerprint density at radius 2 is 2.00 bits per heavy atom. The summed E-state index contributed by atoms with van der Waals surface area (Å²) in [4.78, 5) is 14.1. The van der Waals surface area contributed by atoms with Crippen molar-refractivity contribution in [3.8, 4) is 5.69 Å². The van der Waals surface area contributed by atoms with Gasteiger partial charge in [-0.25, -0.2) is 13.1 Å². The molecule has 2 aliphatic heterocycles. The number of nitrogens with one attached hydrogen (secondary N) is 1. The minimum absolute atomic E-state index is 0.0611. The third-order valence-corrected chi connectivity index (χ3v) is 5.36. The van der Waals surface area contributed by atoms with Gasteiger partial charge in [0, 0.05) is 31.0 Å². The molecule has 8 nitrogen and oxygen atoms in total. The molecule has 4 rings (SSSR count). The van der Waals surface area contributed by atoms with E-state index in [-0.39, 0.29) is 18.2 Å². The number of hydrogen-bond acceptors (Lipinski definition) is 5. The number of para-hydroxylation sites is 1. The van der Waals surface area contributed by atoms with Gasteiger partial charge in [0.15, 0.2) is 0 Å². The van der Waals surface area contributed by atoms with E-state index in [4.69, 9.17) is 0 Å². The largest absolute Gasteiger partial charge is 0.348 e. The van der Waals surface area contributed by atoms with Crippen molar-refractivity contribution in [1.29, 1.82) is 0 Å². The van der Waals surface area contributed by atoms with Crippen molar-refractivity contribution in [2.24, 2.45) is 4.40 Å². The Morgan fingerprint density at radius 3 is 2.81 bits per heavy atom. The van der Waals surface area contributed by atoms with Gasteiger partial charge in [-0.05, 0) is 24.3 Å². The van der Waals surface area contributed by atoms with Gasteiger partial charge in [0.2, 0.25) is 0 Å². The zero-order chi connectivity index (χ0) is 18.9. The number of nitrogens with zero attached hydrogens (tertiary/aromatic N) is 4. The Balaban J connectivity index is 1.40. The van der Waals surface area contributed by atoms with Crippen molar-refractivity contribution in [3.05, 3.63) is 72.2 Å². The van der Waals surface area contributed by atoms with E-state index in [0.717, 1.165) is 11.3 Å². The maximum atomic E-state index is 12.4. The Labute approximate surface area is 156 Å². The summed E-state index contributed by atoms with van der Waals surface area (Å²) in [7, 11) is -3.40. The Hall–Kier alpha value is -3.20. The van der Waals surface area contributed by atoms with E-state index >= 15 is 0 Å². The van der Waals surface area contributed by atoms with Crippen LogP contribution in [-0.4, -0.2) is 47.1 Å². The number of sulfonamides is 1. The van der Waals surface area contributed by atoms with Crippen LogP contribution in [-0.2, 0) is 21.4 Å². The molecule has 2 aromatic rings. The van der Waals surface area contributed by atoms with Crippen LogP contribution in [0.4, 0.5) is 0 Å². The van der Waals surface area contributed by atoms with Crippen LogP contribution in [0.3, 0.4) is 0 Å². The van der Waals surface area contributed by atoms with Gasteiger partial charge in [-0.1, -0.05) is 18.2 Å². The fraction of sp³-hybridized carbons (Fsp3) is 0.167. The molecule has 0 radical (unpaired) electrons. The number of carbonyl (C=O) groups is 1. The third kappa shape index (κ3) is 3.82. The van der Waals surface area contributed by atoms with E-state index in [9.17, 15) is 13.2 Å². The summed E-state index contributed by atoms with van der Waals surface area (Å²) in [5, 5.41) is 7.15. The molecular weight excluding hydrogens is 366 g/mol. The fourth-order valence-corrected chi connectivity index (χ4v) is 3.76. The Morgan fingerprint density at radius 1 is 1.19 bits per heavy atom. The van der Waals surface area contributed by atoms with Crippen molar-refractivity contribution in [1.82, 2.24) is 20.0 Å². The van der Waals surface area contributed by atoms with E-state index < -0.39 is 10.0 Å². The van der Waals surface area contributed by atoms with E-state index in [1.165, 1.54) is 0 Å². The van der Waals surface area contributed by atoms with Crippen LogP contribution < -0.4 is 5.32 Å². The van der Waals surface area contributed by atoms with Gasteiger partial charge in [-0.15, -0.1) is 4.40 Å². The van der Waals surface area contributed by atoms with Crippen LogP contribution >= 0.6 is 0 Å². The highest BCUT2D eigenvalue weighted by Crippen LogP contribution is 2.16. The molecule has 0 bridgehead atoms. The first-order valence-electron chi connectivity index (χ1n) is 8.36. The Kier molecular flexibility index (Phi) is 4.36. The normalized spacial score (nSPS) is 17.7. The van der Waals surface area contributed by atoms with Gasteiger partial charge in [-0.3, -0.25) is 4.79 Å². The molecule has 138 valence electrons. The van der Waals surface area contributed by atoms with Crippen molar-refractivity contribution in [2.75, 3.05) is 12.3 Å². The fourth-order valence-electron chi connectivity index (χ4n) is 2.79. The smallest absolute Gasteiger partial charge is 0.256 e. The van der Waals surface area contributed by atoms with E-state index in [1.807, 2.05) is 36.5 Å². The average Bonchev–Trinajstić information content (AvgIpc) is 3.15. The number of fused-ring (bicyclic) bond motifs is 1. The van der Waals surface area contributed by atoms with Crippen LogP contribution in [0.25, 0.3) is 5.69 Å².